The van der Waals surface area contributed by atoms with Crippen molar-refractivity contribution in [3.63, 3.8) is 0 Å². The van der Waals surface area contributed by atoms with Crippen LogP contribution in [0.2, 0.25) is 0 Å². The molecule has 3 aromatic carbocycles. The van der Waals surface area contributed by atoms with Crippen molar-refractivity contribution in [3.05, 3.63) is 100 Å². The number of nitrogens with one attached hydrogen (secondary N) is 1. The molecular weight excluding hydrogens is 560 g/mol. The van der Waals surface area contributed by atoms with Crippen LogP contribution in [-0.4, -0.2) is 62.6 Å². The Bertz CT molecular complexity index is 1470. The van der Waals surface area contributed by atoms with Crippen molar-refractivity contribution in [3.8, 4) is 5.75 Å². The van der Waals surface area contributed by atoms with Crippen LogP contribution in [0.3, 0.4) is 0 Å². The van der Waals surface area contributed by atoms with Gasteiger partial charge in [-0.3, -0.25) is 24.0 Å². The molecule has 0 unspecified atom stereocenters. The van der Waals surface area contributed by atoms with E-state index in [0.29, 0.717) is 6.54 Å². The molecular formula is C30H36N4O7S. The van der Waals surface area contributed by atoms with Gasteiger partial charge in [-0.05, 0) is 23.6 Å². The third-order valence-corrected chi connectivity index (χ3v) is 7.74. The predicted molar refractivity (Wildman–Crippen MR) is 161 cm³/mol. The van der Waals surface area contributed by atoms with E-state index >= 15 is 0 Å². The Morgan fingerprint density at radius 3 is 2.17 bits per heavy atom. The molecule has 224 valence electrons. The van der Waals surface area contributed by atoms with Crippen LogP contribution in [0, 0.1) is 10.1 Å². The topological polar surface area (TPSA) is 139 Å². The number of rotatable bonds is 15. The first-order valence-electron chi connectivity index (χ1n) is 13.5. The SMILES string of the molecule is CCCCNC(=O)[C@H](Cc1ccccc1)N(Cc1ccccc1)C(=O)CN(c1cc([N+](=O)[O-])ccc1OC)S(C)(=O)=O. The number of hydrogen-bond acceptors (Lipinski definition) is 7. The van der Waals surface area contributed by atoms with E-state index in [0.717, 1.165) is 40.6 Å². The van der Waals surface area contributed by atoms with E-state index in [1.165, 1.54) is 24.1 Å². The van der Waals surface area contributed by atoms with E-state index in [-0.39, 0.29) is 36.0 Å². The van der Waals surface area contributed by atoms with Crippen molar-refractivity contribution in [2.24, 2.45) is 0 Å². The van der Waals surface area contributed by atoms with Crippen LogP contribution in [0.1, 0.15) is 30.9 Å². The zero-order valence-corrected chi connectivity index (χ0v) is 24.7. The lowest BCUT2D eigenvalue weighted by molar-refractivity contribution is -0.384. The lowest BCUT2D eigenvalue weighted by atomic mass is 10.0. The standard InChI is InChI=1S/C30H36N4O7S/c1-4-5-18-31-30(36)27(19-23-12-8-6-9-13-23)32(21-24-14-10-7-11-15-24)29(35)22-33(42(3,39)40)26-20-25(34(37)38)16-17-28(26)41-2/h6-17,20,27H,4-5,18-19,21-22H2,1-3H3,(H,31,36)/t27-/m0/s1. The number of nitrogens with zero attached hydrogens (tertiary/aromatic N) is 3. The molecule has 0 aliphatic heterocycles. The van der Waals surface area contributed by atoms with Crippen LogP contribution < -0.4 is 14.4 Å². The molecule has 2 amide bonds. The number of sulfonamides is 1. The fourth-order valence-corrected chi connectivity index (χ4v) is 5.27. The molecule has 1 N–H and O–H groups in total. The monoisotopic (exact) mass is 596 g/mol. The minimum atomic E-state index is -4.13. The van der Waals surface area contributed by atoms with Crippen LogP contribution in [0.25, 0.3) is 0 Å². The van der Waals surface area contributed by atoms with Crippen LogP contribution in [0.4, 0.5) is 11.4 Å². The summed E-state index contributed by atoms with van der Waals surface area (Å²) in [6.07, 6.45) is 2.71. The molecule has 11 nitrogen and oxygen atoms in total. The second-order valence-corrected chi connectivity index (χ2v) is 11.6. The number of amides is 2. The highest BCUT2D eigenvalue weighted by molar-refractivity contribution is 7.92. The van der Waals surface area contributed by atoms with Crippen LogP contribution in [0.15, 0.2) is 78.9 Å². The maximum Gasteiger partial charge on any atom is 0.271 e. The zero-order chi connectivity index (χ0) is 30.7. The molecule has 0 heterocycles. The number of ether oxygens (including phenoxy) is 1. The van der Waals surface area contributed by atoms with Crippen molar-refractivity contribution in [1.29, 1.82) is 0 Å². The first-order valence-corrected chi connectivity index (χ1v) is 15.3. The summed E-state index contributed by atoms with van der Waals surface area (Å²) < 4.78 is 32.1. The fraction of sp³-hybridized carbons (Fsp3) is 0.333. The number of nitro benzene ring substituents is 1. The van der Waals surface area contributed by atoms with E-state index in [1.54, 1.807) is 0 Å². The van der Waals surface area contributed by atoms with E-state index in [9.17, 15) is 28.1 Å². The summed E-state index contributed by atoms with van der Waals surface area (Å²) in [7, 11) is -2.84. The van der Waals surface area contributed by atoms with Gasteiger partial charge in [-0.1, -0.05) is 74.0 Å². The number of nitro groups is 1. The summed E-state index contributed by atoms with van der Waals surface area (Å²) in [5.41, 5.74) is 1.03. The smallest absolute Gasteiger partial charge is 0.271 e. The van der Waals surface area contributed by atoms with Gasteiger partial charge in [0.15, 0.2) is 0 Å². The third-order valence-electron chi connectivity index (χ3n) is 6.62. The summed E-state index contributed by atoms with van der Waals surface area (Å²) in [5, 5.41) is 14.4. The van der Waals surface area contributed by atoms with Gasteiger partial charge in [0.1, 0.15) is 24.0 Å². The molecule has 1 atom stereocenters. The maximum absolute atomic E-state index is 14.1. The van der Waals surface area contributed by atoms with Gasteiger partial charge in [-0.15, -0.1) is 0 Å². The molecule has 0 aliphatic rings. The highest BCUT2D eigenvalue weighted by atomic mass is 32.2. The van der Waals surface area contributed by atoms with Crippen molar-refractivity contribution in [2.75, 3.05) is 30.8 Å². The van der Waals surface area contributed by atoms with Crippen molar-refractivity contribution in [2.45, 2.75) is 38.8 Å². The van der Waals surface area contributed by atoms with Crippen LogP contribution in [0.5, 0.6) is 5.75 Å². The van der Waals surface area contributed by atoms with Crippen molar-refractivity contribution in [1.82, 2.24) is 10.2 Å². The molecule has 3 rings (SSSR count). The number of unbranched alkanes of at least 4 members (excludes halogenated alkanes) is 1. The van der Waals surface area contributed by atoms with Crippen LogP contribution in [-0.2, 0) is 32.6 Å². The molecule has 0 saturated heterocycles. The number of anilines is 1. The zero-order valence-electron chi connectivity index (χ0n) is 23.9. The average molecular weight is 597 g/mol. The summed E-state index contributed by atoms with van der Waals surface area (Å²) in [4.78, 5) is 39.9. The second kappa shape index (κ2) is 15.0. The molecule has 0 aromatic heterocycles. The highest BCUT2D eigenvalue weighted by Gasteiger charge is 2.34. The summed E-state index contributed by atoms with van der Waals surface area (Å²) in [6.45, 7) is 1.74. The molecule has 0 aliphatic carbocycles. The third kappa shape index (κ3) is 8.77. The molecule has 42 heavy (non-hydrogen) atoms. The van der Waals surface area contributed by atoms with Crippen LogP contribution >= 0.6 is 0 Å². The maximum atomic E-state index is 14.1. The second-order valence-electron chi connectivity index (χ2n) is 9.74. The number of benzene rings is 3. The molecule has 3 aromatic rings. The summed E-state index contributed by atoms with van der Waals surface area (Å²) >= 11 is 0. The van der Waals surface area contributed by atoms with Gasteiger partial charge in [0, 0.05) is 31.6 Å². The Morgan fingerprint density at radius 2 is 1.62 bits per heavy atom. The van der Waals surface area contributed by atoms with Crippen molar-refractivity contribution >= 4 is 33.2 Å². The van der Waals surface area contributed by atoms with Gasteiger partial charge < -0.3 is 15.0 Å². The Morgan fingerprint density at radius 1 is 1.00 bits per heavy atom. The lowest BCUT2D eigenvalue weighted by Crippen LogP contribution is -2.53. The normalized spacial score (nSPS) is 11.8. The molecule has 0 fully saturated rings. The number of carbonyl (C=O) groups is 2. The molecule has 0 spiro atoms. The quantitative estimate of drug-likeness (QED) is 0.159. The molecule has 0 saturated carbocycles. The highest BCUT2D eigenvalue weighted by Crippen LogP contribution is 2.34. The minimum absolute atomic E-state index is 0.0298. The Balaban J connectivity index is 2.08. The predicted octanol–water partition coefficient (Wildman–Crippen LogP) is 3.93. The van der Waals surface area contributed by atoms with Crippen molar-refractivity contribution < 1.29 is 27.7 Å². The van der Waals surface area contributed by atoms with Gasteiger partial charge >= 0.3 is 0 Å². The van der Waals surface area contributed by atoms with E-state index in [1.807, 2.05) is 67.6 Å². The minimum Gasteiger partial charge on any atom is -0.495 e. The van der Waals surface area contributed by atoms with Gasteiger partial charge in [0.2, 0.25) is 21.8 Å². The Kier molecular flexibility index (Phi) is 11.4. The Hall–Kier alpha value is -4.45. The van der Waals surface area contributed by atoms with Gasteiger partial charge in [0.25, 0.3) is 5.69 Å². The average Bonchev–Trinajstić information content (AvgIpc) is 2.97. The van der Waals surface area contributed by atoms with E-state index in [4.69, 9.17) is 4.74 Å². The largest absolute Gasteiger partial charge is 0.495 e. The van der Waals surface area contributed by atoms with E-state index < -0.39 is 33.4 Å². The first kappa shape index (κ1) is 32.1. The van der Waals surface area contributed by atoms with E-state index in [2.05, 4.69) is 5.32 Å². The molecule has 0 radical (unpaired) electrons. The number of carbonyl (C=O) groups excluding carboxylic acids is 2. The molecule has 0 bridgehead atoms. The number of hydrogen-bond donors (Lipinski definition) is 1. The van der Waals surface area contributed by atoms with Gasteiger partial charge in [0.05, 0.1) is 18.3 Å². The number of methoxy groups -OCH3 is 1. The van der Waals surface area contributed by atoms with Gasteiger partial charge in [-0.25, -0.2) is 8.42 Å². The first-order chi connectivity index (χ1) is 20.0. The fourth-order valence-electron chi connectivity index (χ4n) is 4.42. The number of non-ortho nitro benzene ring substituents is 1. The molecule has 12 heteroatoms. The lowest BCUT2D eigenvalue weighted by Gasteiger charge is -2.33. The van der Waals surface area contributed by atoms with Gasteiger partial charge in [-0.2, -0.15) is 0 Å². The summed E-state index contributed by atoms with van der Waals surface area (Å²) in [6, 6.07) is 20.8. The summed E-state index contributed by atoms with van der Waals surface area (Å²) in [5.74, 6) is -0.994. The Labute approximate surface area is 246 Å².